The molecule has 0 saturated carbocycles. The van der Waals surface area contributed by atoms with Crippen molar-refractivity contribution in [3.63, 3.8) is 0 Å². The average molecular weight is 331 g/mol. The van der Waals surface area contributed by atoms with Crippen LogP contribution in [-0.2, 0) is 6.42 Å². The predicted octanol–water partition coefficient (Wildman–Crippen LogP) is 2.95. The van der Waals surface area contributed by atoms with Crippen molar-refractivity contribution in [1.82, 2.24) is 5.32 Å². The summed E-state index contributed by atoms with van der Waals surface area (Å²) in [4.78, 5) is 12.4. The third kappa shape index (κ3) is 4.55. The Hall–Kier alpha value is -2.40. The minimum atomic E-state index is -0.750. The molecule has 2 rings (SSSR count). The Morgan fingerprint density at radius 1 is 1.21 bits per heavy atom. The summed E-state index contributed by atoms with van der Waals surface area (Å²) >= 11 is 0. The number of carbonyl (C=O) groups excluding carboxylic acids is 1. The number of para-hydroxylation sites is 1. The van der Waals surface area contributed by atoms with Gasteiger partial charge >= 0.3 is 0 Å². The van der Waals surface area contributed by atoms with Gasteiger partial charge in [0, 0.05) is 6.42 Å². The molecule has 0 spiro atoms. The number of halogens is 1. The number of aliphatic hydroxyl groups is 1. The van der Waals surface area contributed by atoms with Crippen LogP contribution in [0.4, 0.5) is 4.39 Å². The first kappa shape index (κ1) is 17.9. The predicted molar refractivity (Wildman–Crippen MR) is 90.7 cm³/mol. The summed E-state index contributed by atoms with van der Waals surface area (Å²) in [6.45, 7) is 3.69. The number of carbonyl (C=O) groups is 1. The fraction of sp³-hybridized carbons (Fsp3) is 0.316. The van der Waals surface area contributed by atoms with Crippen LogP contribution in [0.1, 0.15) is 29.8 Å². The molecule has 2 atom stereocenters. The number of hydrogen-bond acceptors (Lipinski definition) is 3. The zero-order valence-electron chi connectivity index (χ0n) is 13.8. The van der Waals surface area contributed by atoms with E-state index in [4.69, 9.17) is 4.74 Å². The molecule has 24 heavy (non-hydrogen) atoms. The van der Waals surface area contributed by atoms with Gasteiger partial charge in [-0.3, -0.25) is 4.79 Å². The standard InChI is InChI=1S/C19H22FNO3/c1-3-24-18-15(10-7-11-16(18)20)19(23)21-13(2)17(22)12-14-8-5-4-6-9-14/h4-11,13,17,22H,3,12H2,1-2H3,(H,21,23). The number of hydrogen-bond donors (Lipinski definition) is 2. The van der Waals surface area contributed by atoms with Crippen molar-refractivity contribution in [1.29, 1.82) is 0 Å². The summed E-state index contributed by atoms with van der Waals surface area (Å²) in [6, 6.07) is 13.2. The lowest BCUT2D eigenvalue weighted by Crippen LogP contribution is -2.42. The molecule has 4 nitrogen and oxygen atoms in total. The van der Waals surface area contributed by atoms with E-state index in [0.717, 1.165) is 5.56 Å². The van der Waals surface area contributed by atoms with Gasteiger partial charge in [0.15, 0.2) is 11.6 Å². The van der Waals surface area contributed by atoms with Gasteiger partial charge in [-0.1, -0.05) is 36.4 Å². The maximum absolute atomic E-state index is 13.8. The Labute approximate surface area is 141 Å². The van der Waals surface area contributed by atoms with Gasteiger partial charge in [0.25, 0.3) is 5.91 Å². The molecule has 128 valence electrons. The first-order chi connectivity index (χ1) is 11.5. The Balaban J connectivity index is 2.05. The number of aliphatic hydroxyl groups excluding tert-OH is 1. The normalized spacial score (nSPS) is 13.2. The second-order valence-electron chi connectivity index (χ2n) is 5.57. The van der Waals surface area contributed by atoms with E-state index in [0.29, 0.717) is 6.42 Å². The highest BCUT2D eigenvalue weighted by Crippen LogP contribution is 2.23. The Morgan fingerprint density at radius 3 is 2.58 bits per heavy atom. The second kappa shape index (κ2) is 8.45. The van der Waals surface area contributed by atoms with Crippen LogP contribution in [0.15, 0.2) is 48.5 Å². The summed E-state index contributed by atoms with van der Waals surface area (Å²) in [5.41, 5.74) is 1.10. The van der Waals surface area contributed by atoms with Gasteiger partial charge in [0.05, 0.1) is 24.3 Å². The molecule has 2 N–H and O–H groups in total. The van der Waals surface area contributed by atoms with Gasteiger partial charge in [-0.2, -0.15) is 0 Å². The molecule has 2 aromatic rings. The smallest absolute Gasteiger partial charge is 0.255 e. The highest BCUT2D eigenvalue weighted by atomic mass is 19.1. The van der Waals surface area contributed by atoms with E-state index in [-0.39, 0.29) is 17.9 Å². The van der Waals surface area contributed by atoms with E-state index in [9.17, 15) is 14.3 Å². The number of benzene rings is 2. The van der Waals surface area contributed by atoms with Crippen molar-refractivity contribution in [2.75, 3.05) is 6.61 Å². The molecular weight excluding hydrogens is 309 g/mol. The lowest BCUT2D eigenvalue weighted by atomic mass is 10.0. The molecular formula is C19H22FNO3. The van der Waals surface area contributed by atoms with Crippen molar-refractivity contribution < 1.29 is 19.0 Å². The van der Waals surface area contributed by atoms with Gasteiger partial charge < -0.3 is 15.2 Å². The maximum atomic E-state index is 13.8. The van der Waals surface area contributed by atoms with Crippen LogP contribution in [0, 0.1) is 5.82 Å². The molecule has 0 fully saturated rings. The van der Waals surface area contributed by atoms with Crippen molar-refractivity contribution >= 4 is 5.91 Å². The summed E-state index contributed by atoms with van der Waals surface area (Å²) in [5.74, 6) is -1.12. The van der Waals surface area contributed by atoms with Crippen molar-refractivity contribution in [2.24, 2.45) is 0 Å². The molecule has 0 aliphatic heterocycles. The van der Waals surface area contributed by atoms with E-state index < -0.39 is 23.9 Å². The maximum Gasteiger partial charge on any atom is 0.255 e. The third-order valence-corrected chi connectivity index (χ3v) is 3.72. The molecule has 5 heteroatoms. The van der Waals surface area contributed by atoms with Crippen LogP contribution >= 0.6 is 0 Å². The Bertz CT molecular complexity index is 676. The molecule has 1 amide bonds. The van der Waals surface area contributed by atoms with Gasteiger partial charge in [0.1, 0.15) is 0 Å². The number of nitrogens with one attached hydrogen (secondary N) is 1. The first-order valence-corrected chi connectivity index (χ1v) is 7.97. The molecule has 0 saturated heterocycles. The van der Waals surface area contributed by atoms with Crippen LogP contribution < -0.4 is 10.1 Å². The quantitative estimate of drug-likeness (QED) is 0.820. The number of amides is 1. The molecule has 0 aliphatic rings. The van der Waals surface area contributed by atoms with E-state index in [1.807, 2.05) is 30.3 Å². The molecule has 0 heterocycles. The lowest BCUT2D eigenvalue weighted by molar-refractivity contribution is 0.0847. The lowest BCUT2D eigenvalue weighted by Gasteiger charge is -2.21. The molecule has 0 bridgehead atoms. The Morgan fingerprint density at radius 2 is 1.92 bits per heavy atom. The van der Waals surface area contributed by atoms with E-state index >= 15 is 0 Å². The van der Waals surface area contributed by atoms with Gasteiger partial charge in [-0.25, -0.2) is 4.39 Å². The second-order valence-corrected chi connectivity index (χ2v) is 5.57. The van der Waals surface area contributed by atoms with Crippen LogP contribution in [-0.4, -0.2) is 29.8 Å². The largest absolute Gasteiger partial charge is 0.490 e. The fourth-order valence-electron chi connectivity index (χ4n) is 2.39. The zero-order valence-corrected chi connectivity index (χ0v) is 13.8. The Kier molecular flexibility index (Phi) is 6.32. The topological polar surface area (TPSA) is 58.6 Å². The minimum absolute atomic E-state index is 0.0674. The molecule has 0 radical (unpaired) electrons. The van der Waals surface area contributed by atoms with Gasteiger partial charge in [0.2, 0.25) is 0 Å². The van der Waals surface area contributed by atoms with E-state index in [1.54, 1.807) is 13.8 Å². The highest BCUT2D eigenvalue weighted by Gasteiger charge is 2.21. The summed E-state index contributed by atoms with van der Waals surface area (Å²) < 4.78 is 19.1. The van der Waals surface area contributed by atoms with Crippen molar-refractivity contribution in [3.8, 4) is 5.75 Å². The first-order valence-electron chi connectivity index (χ1n) is 7.97. The summed E-state index contributed by atoms with van der Waals surface area (Å²) in [7, 11) is 0. The number of ether oxygens (including phenoxy) is 1. The van der Waals surface area contributed by atoms with Crippen molar-refractivity contribution in [2.45, 2.75) is 32.4 Å². The van der Waals surface area contributed by atoms with Gasteiger partial charge in [-0.05, 0) is 31.5 Å². The zero-order chi connectivity index (χ0) is 17.5. The van der Waals surface area contributed by atoms with Crippen molar-refractivity contribution in [3.05, 3.63) is 65.5 Å². The van der Waals surface area contributed by atoms with E-state index in [1.165, 1.54) is 18.2 Å². The van der Waals surface area contributed by atoms with Crippen LogP contribution in [0.5, 0.6) is 5.75 Å². The monoisotopic (exact) mass is 331 g/mol. The average Bonchev–Trinajstić information content (AvgIpc) is 2.57. The number of rotatable bonds is 7. The molecule has 2 unspecified atom stereocenters. The summed E-state index contributed by atoms with van der Waals surface area (Å²) in [5, 5.41) is 13.0. The van der Waals surface area contributed by atoms with Crippen LogP contribution in [0.25, 0.3) is 0 Å². The van der Waals surface area contributed by atoms with Gasteiger partial charge in [-0.15, -0.1) is 0 Å². The van der Waals surface area contributed by atoms with Crippen LogP contribution in [0.2, 0.25) is 0 Å². The van der Waals surface area contributed by atoms with E-state index in [2.05, 4.69) is 5.32 Å². The fourth-order valence-corrected chi connectivity index (χ4v) is 2.39. The molecule has 0 aromatic heterocycles. The SMILES string of the molecule is CCOc1c(F)cccc1C(=O)NC(C)C(O)Cc1ccccc1. The third-order valence-electron chi connectivity index (χ3n) is 3.72. The molecule has 2 aromatic carbocycles. The molecule has 0 aliphatic carbocycles. The summed E-state index contributed by atoms with van der Waals surface area (Å²) in [6.07, 6.45) is -0.329. The highest BCUT2D eigenvalue weighted by molar-refractivity contribution is 5.97. The van der Waals surface area contributed by atoms with Crippen LogP contribution in [0.3, 0.4) is 0 Å². The minimum Gasteiger partial charge on any atom is -0.490 e.